The molecule has 0 aliphatic carbocycles. The van der Waals surface area contributed by atoms with E-state index >= 15 is 0 Å². The Bertz CT molecular complexity index is 923. The van der Waals surface area contributed by atoms with E-state index in [0.29, 0.717) is 30.8 Å². The van der Waals surface area contributed by atoms with E-state index in [1.165, 1.54) is 5.56 Å². The summed E-state index contributed by atoms with van der Waals surface area (Å²) in [5, 5.41) is 14.9. The third-order valence-corrected chi connectivity index (χ3v) is 4.29. The molecule has 154 valence electrons. The lowest BCUT2D eigenvalue weighted by atomic mass is 9.97. The summed E-state index contributed by atoms with van der Waals surface area (Å²) >= 11 is 0. The summed E-state index contributed by atoms with van der Waals surface area (Å²) in [5.41, 5.74) is 2.20. The average Bonchev–Trinajstić information content (AvgIpc) is 3.36. The molecule has 0 saturated heterocycles. The highest BCUT2D eigenvalue weighted by atomic mass is 16.5. The Morgan fingerprint density at radius 2 is 1.93 bits per heavy atom. The minimum atomic E-state index is -0.165. The molecule has 29 heavy (non-hydrogen) atoms. The molecule has 3 aromatic rings. The molecule has 0 radical (unpaired) electrons. The van der Waals surface area contributed by atoms with Crippen molar-refractivity contribution >= 4 is 5.96 Å². The second-order valence-electron chi connectivity index (χ2n) is 7.79. The second-order valence-corrected chi connectivity index (χ2v) is 7.79. The fourth-order valence-corrected chi connectivity index (χ4v) is 2.73. The van der Waals surface area contributed by atoms with Crippen molar-refractivity contribution in [1.82, 2.24) is 30.6 Å². The molecule has 0 aliphatic rings. The fourth-order valence-electron chi connectivity index (χ4n) is 2.73. The van der Waals surface area contributed by atoms with Crippen LogP contribution in [-0.2, 0) is 25.0 Å². The van der Waals surface area contributed by atoms with Gasteiger partial charge in [-0.2, -0.15) is 10.1 Å². The number of aromatic nitrogens is 4. The summed E-state index contributed by atoms with van der Waals surface area (Å²) in [4.78, 5) is 9.18. The van der Waals surface area contributed by atoms with E-state index in [-0.39, 0.29) is 5.41 Å². The first-order valence-corrected chi connectivity index (χ1v) is 9.85. The Morgan fingerprint density at radius 1 is 1.14 bits per heavy atom. The second kappa shape index (κ2) is 9.36. The van der Waals surface area contributed by atoms with Crippen molar-refractivity contribution in [3.63, 3.8) is 0 Å². The highest BCUT2D eigenvalue weighted by Crippen LogP contribution is 2.19. The van der Waals surface area contributed by atoms with Gasteiger partial charge in [0, 0.05) is 24.4 Å². The van der Waals surface area contributed by atoms with Crippen LogP contribution in [0.4, 0.5) is 0 Å². The van der Waals surface area contributed by atoms with Crippen LogP contribution >= 0.6 is 0 Å². The summed E-state index contributed by atoms with van der Waals surface area (Å²) in [5.74, 6) is 1.95. The van der Waals surface area contributed by atoms with Crippen LogP contribution < -0.4 is 10.6 Å². The van der Waals surface area contributed by atoms with Crippen LogP contribution in [0.15, 0.2) is 52.2 Å². The molecule has 0 spiro atoms. The predicted octanol–water partition coefficient (Wildman–Crippen LogP) is 2.87. The van der Waals surface area contributed by atoms with Crippen LogP contribution in [0.5, 0.6) is 0 Å². The molecule has 2 N–H and O–H groups in total. The standard InChI is InChI=1S/C21H29N7O/c1-5-22-20(24-14-18-26-19(29-27-18)21(2,3)4)23-13-16-9-6-7-10-17(16)15-28-12-8-11-25-28/h6-12H,5,13-15H2,1-4H3,(H2,22,23,24). The van der Waals surface area contributed by atoms with Gasteiger partial charge in [0.05, 0.1) is 19.6 Å². The van der Waals surface area contributed by atoms with E-state index < -0.39 is 0 Å². The van der Waals surface area contributed by atoms with Crippen molar-refractivity contribution in [2.75, 3.05) is 6.54 Å². The molecule has 2 heterocycles. The predicted molar refractivity (Wildman–Crippen MR) is 112 cm³/mol. The maximum absolute atomic E-state index is 5.35. The number of rotatable bonds is 7. The van der Waals surface area contributed by atoms with Gasteiger partial charge in [-0.3, -0.25) is 4.68 Å². The first-order valence-electron chi connectivity index (χ1n) is 9.85. The SMILES string of the molecule is CCNC(=NCc1ccccc1Cn1cccn1)NCc1noc(C(C)(C)C)n1. The lowest BCUT2D eigenvalue weighted by Crippen LogP contribution is -2.37. The minimum Gasteiger partial charge on any atom is -0.357 e. The molecular weight excluding hydrogens is 366 g/mol. The first-order chi connectivity index (χ1) is 14.0. The largest absolute Gasteiger partial charge is 0.357 e. The third kappa shape index (κ3) is 5.91. The van der Waals surface area contributed by atoms with Crippen molar-refractivity contribution in [2.24, 2.45) is 4.99 Å². The van der Waals surface area contributed by atoms with E-state index in [2.05, 4.69) is 38.0 Å². The third-order valence-electron chi connectivity index (χ3n) is 4.29. The molecule has 0 unspecified atom stereocenters. The van der Waals surface area contributed by atoms with Crippen molar-refractivity contribution in [1.29, 1.82) is 0 Å². The smallest absolute Gasteiger partial charge is 0.232 e. The van der Waals surface area contributed by atoms with Crippen molar-refractivity contribution in [3.8, 4) is 0 Å². The van der Waals surface area contributed by atoms with Crippen LogP contribution in [0, 0.1) is 0 Å². The molecular formula is C21H29N7O. The number of hydrogen-bond acceptors (Lipinski definition) is 5. The summed E-state index contributed by atoms with van der Waals surface area (Å²) in [6.45, 7) is 10.7. The van der Waals surface area contributed by atoms with Gasteiger partial charge in [0.2, 0.25) is 5.89 Å². The van der Waals surface area contributed by atoms with E-state index in [1.54, 1.807) is 6.20 Å². The maximum atomic E-state index is 5.35. The van der Waals surface area contributed by atoms with Crippen LogP contribution in [-0.4, -0.2) is 32.4 Å². The van der Waals surface area contributed by atoms with E-state index in [0.717, 1.165) is 18.7 Å². The van der Waals surface area contributed by atoms with Gasteiger partial charge in [-0.25, -0.2) is 4.99 Å². The zero-order valence-electron chi connectivity index (χ0n) is 17.5. The van der Waals surface area contributed by atoms with E-state index in [4.69, 9.17) is 9.52 Å². The van der Waals surface area contributed by atoms with Gasteiger partial charge in [-0.1, -0.05) is 50.2 Å². The number of aliphatic imine (C=N–C) groups is 1. The lowest BCUT2D eigenvalue weighted by Gasteiger charge is -2.12. The summed E-state index contributed by atoms with van der Waals surface area (Å²) in [7, 11) is 0. The van der Waals surface area contributed by atoms with Crippen LogP contribution in [0.3, 0.4) is 0 Å². The Labute approximate surface area is 171 Å². The molecule has 1 aromatic carbocycles. The summed E-state index contributed by atoms with van der Waals surface area (Å²) in [6, 6.07) is 10.2. The van der Waals surface area contributed by atoms with Gasteiger partial charge in [0.25, 0.3) is 0 Å². The summed E-state index contributed by atoms with van der Waals surface area (Å²) in [6.07, 6.45) is 3.75. The van der Waals surface area contributed by atoms with Gasteiger partial charge >= 0.3 is 0 Å². The number of guanidine groups is 1. The lowest BCUT2D eigenvalue weighted by molar-refractivity contribution is 0.318. The average molecular weight is 396 g/mol. The molecule has 0 amide bonds. The molecule has 0 aliphatic heterocycles. The number of benzene rings is 1. The molecule has 3 rings (SSSR count). The number of hydrogen-bond donors (Lipinski definition) is 2. The quantitative estimate of drug-likeness (QED) is 0.472. The van der Waals surface area contributed by atoms with Gasteiger partial charge in [-0.05, 0) is 24.1 Å². The molecule has 0 atom stereocenters. The molecule has 0 bridgehead atoms. The Morgan fingerprint density at radius 3 is 2.59 bits per heavy atom. The Balaban J connectivity index is 1.66. The van der Waals surface area contributed by atoms with Gasteiger partial charge in [0.1, 0.15) is 0 Å². The number of nitrogens with one attached hydrogen (secondary N) is 2. The normalized spacial score (nSPS) is 12.2. The Kier molecular flexibility index (Phi) is 6.64. The van der Waals surface area contributed by atoms with Crippen LogP contribution in [0.25, 0.3) is 0 Å². The van der Waals surface area contributed by atoms with Crippen LogP contribution in [0.1, 0.15) is 50.5 Å². The van der Waals surface area contributed by atoms with Gasteiger partial charge < -0.3 is 15.2 Å². The van der Waals surface area contributed by atoms with E-state index in [1.807, 2.05) is 56.8 Å². The highest BCUT2D eigenvalue weighted by molar-refractivity contribution is 5.79. The van der Waals surface area contributed by atoms with Crippen molar-refractivity contribution in [2.45, 2.75) is 52.7 Å². The maximum Gasteiger partial charge on any atom is 0.232 e. The molecule has 0 saturated carbocycles. The zero-order chi connectivity index (χ0) is 20.7. The highest BCUT2D eigenvalue weighted by Gasteiger charge is 2.21. The Hall–Kier alpha value is -3.16. The monoisotopic (exact) mass is 395 g/mol. The molecule has 2 aromatic heterocycles. The van der Waals surface area contributed by atoms with Gasteiger partial charge in [0.15, 0.2) is 11.8 Å². The van der Waals surface area contributed by atoms with E-state index in [9.17, 15) is 0 Å². The van der Waals surface area contributed by atoms with Crippen molar-refractivity contribution < 1.29 is 4.52 Å². The molecule has 8 nitrogen and oxygen atoms in total. The van der Waals surface area contributed by atoms with Gasteiger partial charge in [-0.15, -0.1) is 0 Å². The minimum absolute atomic E-state index is 0.165. The topological polar surface area (TPSA) is 93.2 Å². The molecule has 0 fully saturated rings. The van der Waals surface area contributed by atoms with Crippen LogP contribution in [0.2, 0.25) is 0 Å². The summed E-state index contributed by atoms with van der Waals surface area (Å²) < 4.78 is 7.26. The van der Waals surface area contributed by atoms with Crippen molar-refractivity contribution in [3.05, 3.63) is 65.6 Å². The fraction of sp³-hybridized carbons (Fsp3) is 0.429. The first kappa shape index (κ1) is 20.6. The number of nitrogens with zero attached hydrogens (tertiary/aromatic N) is 5. The molecule has 8 heteroatoms. The zero-order valence-corrected chi connectivity index (χ0v) is 17.5.